The van der Waals surface area contributed by atoms with Crippen molar-refractivity contribution in [2.45, 2.75) is 6.92 Å². The van der Waals surface area contributed by atoms with Crippen LogP contribution in [0, 0.1) is 18.3 Å². The number of benzene rings is 2. The molecular formula is C15H13NO. The minimum atomic E-state index is 0.643. The van der Waals surface area contributed by atoms with E-state index in [-0.39, 0.29) is 0 Å². The van der Waals surface area contributed by atoms with Crippen LogP contribution in [0.3, 0.4) is 0 Å². The Labute approximate surface area is 101 Å². The highest BCUT2D eigenvalue weighted by molar-refractivity contribution is 5.74. The van der Waals surface area contributed by atoms with Gasteiger partial charge in [-0.15, -0.1) is 0 Å². The largest absolute Gasteiger partial charge is 0.496 e. The van der Waals surface area contributed by atoms with Gasteiger partial charge in [0.25, 0.3) is 0 Å². The molecule has 0 aromatic heterocycles. The number of methoxy groups -OCH3 is 1. The second-order valence-electron chi connectivity index (χ2n) is 3.84. The van der Waals surface area contributed by atoms with Crippen molar-refractivity contribution < 1.29 is 4.74 Å². The maximum atomic E-state index is 8.95. The molecule has 0 radical (unpaired) electrons. The molecule has 2 heteroatoms. The molecule has 0 saturated carbocycles. The Balaban J connectivity index is 2.65. The van der Waals surface area contributed by atoms with Gasteiger partial charge in [-0.05, 0) is 36.2 Å². The zero-order valence-corrected chi connectivity index (χ0v) is 9.90. The summed E-state index contributed by atoms with van der Waals surface area (Å²) in [6.07, 6.45) is 0. The van der Waals surface area contributed by atoms with E-state index in [1.807, 2.05) is 43.3 Å². The molecule has 0 unspecified atom stereocenters. The molecule has 2 nitrogen and oxygen atoms in total. The highest BCUT2D eigenvalue weighted by atomic mass is 16.5. The number of rotatable bonds is 2. The number of ether oxygens (including phenoxy) is 1. The first-order valence-electron chi connectivity index (χ1n) is 5.40. The summed E-state index contributed by atoms with van der Waals surface area (Å²) in [6, 6.07) is 15.7. The van der Waals surface area contributed by atoms with Crippen molar-refractivity contribution in [3.05, 3.63) is 53.6 Å². The van der Waals surface area contributed by atoms with Crippen molar-refractivity contribution in [3.63, 3.8) is 0 Å². The van der Waals surface area contributed by atoms with Gasteiger partial charge in [-0.1, -0.05) is 24.3 Å². The van der Waals surface area contributed by atoms with E-state index in [9.17, 15) is 0 Å². The number of aryl methyl sites for hydroxylation is 1. The Morgan fingerprint density at radius 3 is 2.47 bits per heavy atom. The summed E-state index contributed by atoms with van der Waals surface area (Å²) in [5.41, 5.74) is 3.87. The van der Waals surface area contributed by atoms with Crippen molar-refractivity contribution in [2.24, 2.45) is 0 Å². The third kappa shape index (κ3) is 2.14. The molecular weight excluding hydrogens is 210 g/mol. The molecule has 2 aromatic carbocycles. The van der Waals surface area contributed by atoms with Crippen molar-refractivity contribution >= 4 is 0 Å². The number of hydrogen-bond donors (Lipinski definition) is 0. The van der Waals surface area contributed by atoms with Crippen LogP contribution in [0.5, 0.6) is 5.75 Å². The van der Waals surface area contributed by atoms with E-state index in [4.69, 9.17) is 10.00 Å². The van der Waals surface area contributed by atoms with Crippen LogP contribution in [0.4, 0.5) is 0 Å². The maximum Gasteiger partial charge on any atom is 0.126 e. The molecule has 0 aliphatic carbocycles. The lowest BCUT2D eigenvalue weighted by molar-refractivity contribution is 0.416. The van der Waals surface area contributed by atoms with Gasteiger partial charge >= 0.3 is 0 Å². The average molecular weight is 223 g/mol. The summed E-state index contributed by atoms with van der Waals surface area (Å²) >= 11 is 0. The van der Waals surface area contributed by atoms with Crippen LogP contribution in [0.2, 0.25) is 0 Å². The number of nitrogens with zero attached hydrogens (tertiary/aromatic N) is 1. The van der Waals surface area contributed by atoms with Gasteiger partial charge in [0.1, 0.15) is 5.75 Å². The van der Waals surface area contributed by atoms with Gasteiger partial charge in [-0.2, -0.15) is 5.26 Å². The Morgan fingerprint density at radius 2 is 1.82 bits per heavy atom. The van der Waals surface area contributed by atoms with E-state index in [0.717, 1.165) is 16.9 Å². The van der Waals surface area contributed by atoms with Crippen LogP contribution in [-0.4, -0.2) is 7.11 Å². The summed E-state index contributed by atoms with van der Waals surface area (Å²) in [5.74, 6) is 0.790. The van der Waals surface area contributed by atoms with E-state index in [0.29, 0.717) is 5.56 Å². The normalized spacial score (nSPS) is 9.71. The minimum absolute atomic E-state index is 0.643. The van der Waals surface area contributed by atoms with Crippen LogP contribution in [0.1, 0.15) is 11.1 Å². The molecule has 17 heavy (non-hydrogen) atoms. The van der Waals surface area contributed by atoms with Crippen molar-refractivity contribution in [2.75, 3.05) is 7.11 Å². The standard InChI is InChI=1S/C15H13NO/c1-11-5-3-4-6-13(11)14-9-12(10-16)7-8-15(14)17-2/h3-9H,1-2H3. The average Bonchev–Trinajstić information content (AvgIpc) is 2.38. The molecule has 0 aliphatic heterocycles. The minimum Gasteiger partial charge on any atom is -0.496 e. The molecule has 2 aromatic rings. The van der Waals surface area contributed by atoms with E-state index >= 15 is 0 Å². The molecule has 0 N–H and O–H groups in total. The first-order valence-corrected chi connectivity index (χ1v) is 5.40. The summed E-state index contributed by atoms with van der Waals surface area (Å²) in [5, 5.41) is 8.95. The molecule has 0 amide bonds. The third-order valence-electron chi connectivity index (χ3n) is 2.76. The second-order valence-corrected chi connectivity index (χ2v) is 3.84. The quantitative estimate of drug-likeness (QED) is 0.780. The Hall–Kier alpha value is -2.27. The van der Waals surface area contributed by atoms with Gasteiger partial charge in [-0.25, -0.2) is 0 Å². The van der Waals surface area contributed by atoms with Gasteiger partial charge in [-0.3, -0.25) is 0 Å². The molecule has 0 saturated heterocycles. The summed E-state index contributed by atoms with van der Waals surface area (Å²) < 4.78 is 5.34. The summed E-state index contributed by atoms with van der Waals surface area (Å²) in [7, 11) is 1.64. The Bertz CT molecular complexity index is 582. The molecule has 0 bridgehead atoms. The lowest BCUT2D eigenvalue weighted by Gasteiger charge is -2.11. The zero-order chi connectivity index (χ0) is 12.3. The molecule has 0 aliphatic rings. The van der Waals surface area contributed by atoms with E-state index in [1.54, 1.807) is 13.2 Å². The van der Waals surface area contributed by atoms with Gasteiger partial charge in [0.15, 0.2) is 0 Å². The van der Waals surface area contributed by atoms with Crippen molar-refractivity contribution in [3.8, 4) is 22.9 Å². The summed E-state index contributed by atoms with van der Waals surface area (Å²) in [6.45, 7) is 2.05. The fraction of sp³-hybridized carbons (Fsp3) is 0.133. The lowest BCUT2D eigenvalue weighted by atomic mass is 9.98. The van der Waals surface area contributed by atoms with Gasteiger partial charge in [0.2, 0.25) is 0 Å². The van der Waals surface area contributed by atoms with Gasteiger partial charge < -0.3 is 4.74 Å². The molecule has 2 rings (SSSR count). The van der Waals surface area contributed by atoms with Crippen molar-refractivity contribution in [1.82, 2.24) is 0 Å². The first kappa shape index (κ1) is 11.2. The van der Waals surface area contributed by atoms with E-state index in [2.05, 4.69) is 6.07 Å². The van der Waals surface area contributed by atoms with Crippen molar-refractivity contribution in [1.29, 1.82) is 5.26 Å². The van der Waals surface area contributed by atoms with E-state index in [1.165, 1.54) is 5.56 Å². The smallest absolute Gasteiger partial charge is 0.126 e. The molecule has 84 valence electrons. The molecule has 0 atom stereocenters. The fourth-order valence-electron chi connectivity index (χ4n) is 1.86. The monoisotopic (exact) mass is 223 g/mol. The predicted octanol–water partition coefficient (Wildman–Crippen LogP) is 3.54. The zero-order valence-electron chi connectivity index (χ0n) is 9.90. The van der Waals surface area contributed by atoms with Crippen LogP contribution >= 0.6 is 0 Å². The fourth-order valence-corrected chi connectivity index (χ4v) is 1.86. The van der Waals surface area contributed by atoms with Gasteiger partial charge in [0, 0.05) is 5.56 Å². The van der Waals surface area contributed by atoms with Crippen LogP contribution < -0.4 is 4.74 Å². The third-order valence-corrected chi connectivity index (χ3v) is 2.76. The number of hydrogen-bond acceptors (Lipinski definition) is 2. The molecule has 0 fully saturated rings. The van der Waals surface area contributed by atoms with Gasteiger partial charge in [0.05, 0.1) is 18.7 Å². The molecule has 0 heterocycles. The first-order chi connectivity index (χ1) is 8.26. The lowest BCUT2D eigenvalue weighted by Crippen LogP contribution is -1.90. The maximum absolute atomic E-state index is 8.95. The molecule has 0 spiro atoms. The van der Waals surface area contributed by atoms with Crippen LogP contribution in [0.25, 0.3) is 11.1 Å². The number of nitriles is 1. The second kappa shape index (κ2) is 4.71. The summed E-state index contributed by atoms with van der Waals surface area (Å²) in [4.78, 5) is 0. The van der Waals surface area contributed by atoms with Crippen LogP contribution in [-0.2, 0) is 0 Å². The predicted molar refractivity (Wildman–Crippen MR) is 67.9 cm³/mol. The Morgan fingerprint density at radius 1 is 1.06 bits per heavy atom. The highest BCUT2D eigenvalue weighted by Gasteiger charge is 2.08. The van der Waals surface area contributed by atoms with E-state index < -0.39 is 0 Å². The topological polar surface area (TPSA) is 33.0 Å². The SMILES string of the molecule is COc1ccc(C#N)cc1-c1ccccc1C. The Kier molecular flexibility index (Phi) is 3.11. The highest BCUT2D eigenvalue weighted by Crippen LogP contribution is 2.32. The van der Waals surface area contributed by atoms with Crippen LogP contribution in [0.15, 0.2) is 42.5 Å².